The standard InChI is InChI=1S/C13H20N2O4/c1-13(2,19)7-15-12(18)9(14)5-8-3-4-10(16)11(17)6-8/h3-4,6,9,16-17,19H,5,7,14H2,1-2H3,(H,15,18)/t9-/m0/s1. The number of carbonyl (C=O) groups excluding carboxylic acids is 1. The van der Waals surface area contributed by atoms with Gasteiger partial charge in [-0.2, -0.15) is 0 Å². The fourth-order valence-electron chi connectivity index (χ4n) is 1.48. The summed E-state index contributed by atoms with van der Waals surface area (Å²) < 4.78 is 0. The van der Waals surface area contributed by atoms with Crippen LogP contribution < -0.4 is 11.1 Å². The number of phenols is 2. The molecule has 0 aliphatic carbocycles. The van der Waals surface area contributed by atoms with E-state index in [-0.39, 0.29) is 30.4 Å². The van der Waals surface area contributed by atoms with E-state index < -0.39 is 11.6 Å². The normalized spacial score (nSPS) is 13.1. The molecule has 19 heavy (non-hydrogen) atoms. The zero-order valence-electron chi connectivity index (χ0n) is 11.1. The van der Waals surface area contributed by atoms with E-state index in [2.05, 4.69) is 5.32 Å². The zero-order chi connectivity index (χ0) is 14.6. The highest BCUT2D eigenvalue weighted by Crippen LogP contribution is 2.25. The average Bonchev–Trinajstić information content (AvgIpc) is 2.29. The predicted molar refractivity (Wildman–Crippen MR) is 70.8 cm³/mol. The minimum atomic E-state index is -0.994. The Hall–Kier alpha value is -1.79. The van der Waals surface area contributed by atoms with Gasteiger partial charge in [0.15, 0.2) is 11.5 Å². The van der Waals surface area contributed by atoms with E-state index in [0.717, 1.165) is 0 Å². The Labute approximate surface area is 111 Å². The molecule has 0 bridgehead atoms. The van der Waals surface area contributed by atoms with Gasteiger partial charge in [0.1, 0.15) is 0 Å². The number of rotatable bonds is 5. The number of aliphatic hydroxyl groups is 1. The molecule has 6 N–H and O–H groups in total. The molecule has 0 radical (unpaired) electrons. The van der Waals surface area contributed by atoms with Gasteiger partial charge in [0.05, 0.1) is 11.6 Å². The summed E-state index contributed by atoms with van der Waals surface area (Å²) in [6.45, 7) is 3.27. The lowest BCUT2D eigenvalue weighted by molar-refractivity contribution is -0.123. The number of amides is 1. The Morgan fingerprint density at radius 2 is 2.00 bits per heavy atom. The zero-order valence-corrected chi connectivity index (χ0v) is 11.1. The molecule has 0 aromatic heterocycles. The van der Waals surface area contributed by atoms with Crippen LogP contribution in [0.5, 0.6) is 11.5 Å². The summed E-state index contributed by atoms with van der Waals surface area (Å²) in [5, 5.41) is 30.5. The van der Waals surface area contributed by atoms with E-state index in [9.17, 15) is 20.1 Å². The highest BCUT2D eigenvalue weighted by Gasteiger charge is 2.18. The number of hydrogen-bond donors (Lipinski definition) is 5. The maximum absolute atomic E-state index is 11.7. The fourth-order valence-corrected chi connectivity index (χ4v) is 1.48. The molecule has 0 spiro atoms. The average molecular weight is 268 g/mol. The molecule has 6 nitrogen and oxygen atoms in total. The van der Waals surface area contributed by atoms with Crippen molar-refractivity contribution in [2.45, 2.75) is 31.9 Å². The van der Waals surface area contributed by atoms with Crippen LogP contribution in [0.25, 0.3) is 0 Å². The topological polar surface area (TPSA) is 116 Å². The molecule has 1 atom stereocenters. The molecule has 1 aromatic carbocycles. The lowest BCUT2D eigenvalue weighted by atomic mass is 10.0. The molecule has 1 amide bonds. The first-order chi connectivity index (χ1) is 8.69. The second-order valence-electron chi connectivity index (χ2n) is 5.16. The number of nitrogens with two attached hydrogens (primary N) is 1. The Balaban J connectivity index is 2.56. The van der Waals surface area contributed by atoms with Crippen LogP contribution in [0.2, 0.25) is 0 Å². The summed E-state index contributed by atoms with van der Waals surface area (Å²) >= 11 is 0. The van der Waals surface area contributed by atoms with Gasteiger partial charge in [-0.05, 0) is 38.0 Å². The summed E-state index contributed by atoms with van der Waals surface area (Å²) in [4.78, 5) is 11.7. The van der Waals surface area contributed by atoms with Gasteiger partial charge in [-0.15, -0.1) is 0 Å². The van der Waals surface area contributed by atoms with Gasteiger partial charge in [-0.25, -0.2) is 0 Å². The molecule has 0 unspecified atom stereocenters. The molecule has 1 aromatic rings. The Morgan fingerprint density at radius 3 is 2.53 bits per heavy atom. The molecule has 6 heteroatoms. The Bertz CT molecular complexity index is 454. The molecular formula is C13H20N2O4. The largest absolute Gasteiger partial charge is 0.504 e. The molecule has 0 heterocycles. The summed E-state index contributed by atoms with van der Waals surface area (Å²) in [7, 11) is 0. The van der Waals surface area contributed by atoms with E-state index >= 15 is 0 Å². The van der Waals surface area contributed by atoms with E-state index in [1.54, 1.807) is 19.9 Å². The highest BCUT2D eigenvalue weighted by atomic mass is 16.3. The van der Waals surface area contributed by atoms with Crippen molar-refractivity contribution in [3.8, 4) is 11.5 Å². The first-order valence-electron chi connectivity index (χ1n) is 5.95. The van der Waals surface area contributed by atoms with Gasteiger partial charge in [0.25, 0.3) is 0 Å². The van der Waals surface area contributed by atoms with Crippen LogP contribution in [0.1, 0.15) is 19.4 Å². The summed E-state index contributed by atoms with van der Waals surface area (Å²) in [5.74, 6) is -0.847. The number of phenolic OH excluding ortho intramolecular Hbond substituents is 2. The van der Waals surface area contributed by atoms with Crippen LogP contribution in [-0.2, 0) is 11.2 Å². The molecule has 0 saturated heterocycles. The Kier molecular flexibility index (Phi) is 4.74. The maximum Gasteiger partial charge on any atom is 0.237 e. The van der Waals surface area contributed by atoms with Crippen molar-refractivity contribution in [2.24, 2.45) is 5.73 Å². The summed E-state index contributed by atoms with van der Waals surface area (Å²) in [5.41, 5.74) is 5.38. The van der Waals surface area contributed by atoms with Crippen LogP contribution in [0.15, 0.2) is 18.2 Å². The van der Waals surface area contributed by atoms with Gasteiger partial charge in [-0.3, -0.25) is 4.79 Å². The van der Waals surface area contributed by atoms with E-state index in [1.807, 2.05) is 0 Å². The van der Waals surface area contributed by atoms with Crippen molar-refractivity contribution >= 4 is 5.91 Å². The van der Waals surface area contributed by atoms with E-state index in [4.69, 9.17) is 5.73 Å². The van der Waals surface area contributed by atoms with Crippen molar-refractivity contribution in [2.75, 3.05) is 6.54 Å². The minimum Gasteiger partial charge on any atom is -0.504 e. The number of hydrogen-bond acceptors (Lipinski definition) is 5. The van der Waals surface area contributed by atoms with E-state index in [1.165, 1.54) is 12.1 Å². The molecule has 0 fully saturated rings. The first-order valence-corrected chi connectivity index (χ1v) is 5.95. The monoisotopic (exact) mass is 268 g/mol. The fraction of sp³-hybridized carbons (Fsp3) is 0.462. The van der Waals surface area contributed by atoms with Gasteiger partial charge < -0.3 is 26.4 Å². The quantitative estimate of drug-likeness (QED) is 0.476. The van der Waals surface area contributed by atoms with Crippen LogP contribution >= 0.6 is 0 Å². The van der Waals surface area contributed by atoms with Gasteiger partial charge in [0, 0.05) is 6.54 Å². The molecule has 0 saturated carbocycles. The number of nitrogens with one attached hydrogen (secondary N) is 1. The van der Waals surface area contributed by atoms with Crippen molar-refractivity contribution in [3.05, 3.63) is 23.8 Å². The smallest absolute Gasteiger partial charge is 0.237 e. The second kappa shape index (κ2) is 5.90. The molecule has 0 aliphatic rings. The first kappa shape index (κ1) is 15.3. The van der Waals surface area contributed by atoms with Crippen LogP contribution in [0.3, 0.4) is 0 Å². The van der Waals surface area contributed by atoms with Crippen molar-refractivity contribution in [1.29, 1.82) is 0 Å². The van der Waals surface area contributed by atoms with Gasteiger partial charge >= 0.3 is 0 Å². The van der Waals surface area contributed by atoms with Gasteiger partial charge in [0.2, 0.25) is 5.91 Å². The summed E-state index contributed by atoms with van der Waals surface area (Å²) in [6.07, 6.45) is 0.228. The van der Waals surface area contributed by atoms with Crippen molar-refractivity contribution < 1.29 is 20.1 Å². The predicted octanol–water partition coefficient (Wildman–Crippen LogP) is -0.145. The molecule has 1 rings (SSSR count). The Morgan fingerprint density at radius 1 is 1.37 bits per heavy atom. The minimum absolute atomic E-state index is 0.111. The third kappa shape index (κ3) is 5.15. The summed E-state index contributed by atoms with van der Waals surface area (Å²) in [6, 6.07) is 3.49. The van der Waals surface area contributed by atoms with Crippen molar-refractivity contribution in [1.82, 2.24) is 5.32 Å². The van der Waals surface area contributed by atoms with Crippen molar-refractivity contribution in [3.63, 3.8) is 0 Å². The molecule has 106 valence electrons. The maximum atomic E-state index is 11.7. The SMILES string of the molecule is CC(C)(O)CNC(=O)[C@@H](N)Cc1ccc(O)c(O)c1. The van der Waals surface area contributed by atoms with Crippen LogP contribution in [-0.4, -0.2) is 39.4 Å². The third-order valence-electron chi connectivity index (χ3n) is 2.53. The van der Waals surface area contributed by atoms with Gasteiger partial charge in [-0.1, -0.05) is 6.07 Å². The number of carbonyl (C=O) groups is 1. The van der Waals surface area contributed by atoms with Crippen LogP contribution in [0, 0.1) is 0 Å². The number of aromatic hydroxyl groups is 2. The van der Waals surface area contributed by atoms with E-state index in [0.29, 0.717) is 5.56 Å². The highest BCUT2D eigenvalue weighted by molar-refractivity contribution is 5.81. The third-order valence-corrected chi connectivity index (χ3v) is 2.53. The molecular weight excluding hydrogens is 248 g/mol. The lowest BCUT2D eigenvalue weighted by Crippen LogP contribution is -2.46. The molecule has 0 aliphatic heterocycles. The van der Waals surface area contributed by atoms with Crippen LogP contribution in [0.4, 0.5) is 0 Å². The second-order valence-corrected chi connectivity index (χ2v) is 5.16. The number of benzene rings is 1. The lowest BCUT2D eigenvalue weighted by Gasteiger charge is -2.19.